The standard InChI is InChI=1S/C8H13N.C2H6/c1-7-3-4-8(2)9-6-5-7;1-2/h3-4,7H,5-6H2,1-2H3;1-2H3. The SMILES string of the molecule is CC.CC1=NCCC(C)C=C1. The molecule has 0 spiro atoms. The van der Waals surface area contributed by atoms with E-state index in [1.54, 1.807) is 0 Å². The van der Waals surface area contributed by atoms with Crippen molar-refractivity contribution in [3.63, 3.8) is 0 Å². The Kier molecular flexibility index (Phi) is 5.81. The molecule has 1 nitrogen and oxygen atoms in total. The first-order valence-electron chi connectivity index (χ1n) is 4.48. The van der Waals surface area contributed by atoms with Gasteiger partial charge in [-0.2, -0.15) is 0 Å². The van der Waals surface area contributed by atoms with Crippen LogP contribution in [0.5, 0.6) is 0 Å². The zero-order chi connectivity index (χ0) is 8.69. The van der Waals surface area contributed by atoms with E-state index in [0.717, 1.165) is 6.54 Å². The van der Waals surface area contributed by atoms with Gasteiger partial charge < -0.3 is 0 Å². The third-order valence-electron chi connectivity index (χ3n) is 1.61. The van der Waals surface area contributed by atoms with Gasteiger partial charge in [-0.05, 0) is 25.3 Å². The van der Waals surface area contributed by atoms with E-state index in [0.29, 0.717) is 5.92 Å². The second kappa shape index (κ2) is 6.14. The summed E-state index contributed by atoms with van der Waals surface area (Å²) in [6.45, 7) is 9.28. The molecule has 1 rings (SSSR count). The van der Waals surface area contributed by atoms with Crippen LogP contribution in [-0.2, 0) is 0 Å². The van der Waals surface area contributed by atoms with Gasteiger partial charge in [-0.3, -0.25) is 4.99 Å². The lowest BCUT2D eigenvalue weighted by Gasteiger charge is -1.97. The molecule has 0 N–H and O–H groups in total. The van der Waals surface area contributed by atoms with Gasteiger partial charge in [0.15, 0.2) is 0 Å². The van der Waals surface area contributed by atoms with Crippen LogP contribution < -0.4 is 0 Å². The van der Waals surface area contributed by atoms with Crippen molar-refractivity contribution in [3.05, 3.63) is 12.2 Å². The molecule has 0 saturated carbocycles. The van der Waals surface area contributed by atoms with Crippen molar-refractivity contribution < 1.29 is 0 Å². The van der Waals surface area contributed by atoms with Gasteiger partial charge in [0.2, 0.25) is 0 Å². The highest BCUT2D eigenvalue weighted by molar-refractivity contribution is 5.92. The number of allylic oxidation sites excluding steroid dienone is 2. The zero-order valence-corrected chi connectivity index (χ0v) is 8.09. The summed E-state index contributed by atoms with van der Waals surface area (Å²) < 4.78 is 0. The summed E-state index contributed by atoms with van der Waals surface area (Å²) in [5.74, 6) is 0.714. The Hall–Kier alpha value is -0.590. The van der Waals surface area contributed by atoms with E-state index in [-0.39, 0.29) is 0 Å². The summed E-state index contributed by atoms with van der Waals surface area (Å²) in [5.41, 5.74) is 1.17. The Morgan fingerprint density at radius 3 is 2.73 bits per heavy atom. The monoisotopic (exact) mass is 153 g/mol. The molecular weight excluding hydrogens is 134 g/mol. The Balaban J connectivity index is 0.000000461. The number of hydrogen-bond acceptors (Lipinski definition) is 1. The molecule has 11 heavy (non-hydrogen) atoms. The molecule has 1 heteroatoms. The smallest absolute Gasteiger partial charge is 0.0397 e. The minimum atomic E-state index is 0.714. The van der Waals surface area contributed by atoms with Gasteiger partial charge >= 0.3 is 0 Å². The van der Waals surface area contributed by atoms with Gasteiger partial charge in [-0.15, -0.1) is 0 Å². The van der Waals surface area contributed by atoms with Crippen molar-refractivity contribution in [3.8, 4) is 0 Å². The summed E-state index contributed by atoms with van der Waals surface area (Å²) in [4.78, 5) is 4.30. The van der Waals surface area contributed by atoms with Crippen LogP contribution in [0.25, 0.3) is 0 Å². The second-order valence-electron chi connectivity index (χ2n) is 2.65. The lowest BCUT2D eigenvalue weighted by Crippen LogP contribution is -1.89. The maximum atomic E-state index is 4.30. The molecule has 64 valence electrons. The van der Waals surface area contributed by atoms with E-state index in [1.807, 2.05) is 13.8 Å². The van der Waals surface area contributed by atoms with Crippen LogP contribution in [0.2, 0.25) is 0 Å². The first kappa shape index (κ1) is 10.4. The van der Waals surface area contributed by atoms with Crippen LogP contribution in [0.4, 0.5) is 0 Å². The largest absolute Gasteiger partial charge is 0.290 e. The van der Waals surface area contributed by atoms with Crippen molar-refractivity contribution >= 4 is 5.71 Å². The van der Waals surface area contributed by atoms with Gasteiger partial charge in [0.05, 0.1) is 0 Å². The normalized spacial score (nSPS) is 22.9. The van der Waals surface area contributed by atoms with Crippen molar-refractivity contribution in [2.75, 3.05) is 6.54 Å². The maximum Gasteiger partial charge on any atom is 0.0397 e. The van der Waals surface area contributed by atoms with Crippen LogP contribution in [-0.4, -0.2) is 12.3 Å². The van der Waals surface area contributed by atoms with Crippen LogP contribution in [0.3, 0.4) is 0 Å². The molecule has 1 heterocycles. The van der Waals surface area contributed by atoms with Gasteiger partial charge in [0, 0.05) is 12.3 Å². The summed E-state index contributed by atoms with van der Waals surface area (Å²) in [7, 11) is 0. The molecule has 0 amide bonds. The molecule has 0 aromatic carbocycles. The van der Waals surface area contributed by atoms with Gasteiger partial charge in [0.25, 0.3) is 0 Å². The summed E-state index contributed by atoms with van der Waals surface area (Å²) in [6.07, 6.45) is 5.54. The molecule has 1 aliphatic rings. The van der Waals surface area contributed by atoms with Gasteiger partial charge in [-0.1, -0.05) is 26.8 Å². The van der Waals surface area contributed by atoms with Crippen molar-refractivity contribution in [1.29, 1.82) is 0 Å². The summed E-state index contributed by atoms with van der Waals surface area (Å²) >= 11 is 0. The van der Waals surface area contributed by atoms with Crippen molar-refractivity contribution in [1.82, 2.24) is 0 Å². The third kappa shape index (κ3) is 4.77. The molecule has 0 bridgehead atoms. The quantitative estimate of drug-likeness (QED) is 0.507. The number of rotatable bonds is 0. The topological polar surface area (TPSA) is 12.4 Å². The average molecular weight is 153 g/mol. The lowest BCUT2D eigenvalue weighted by molar-refractivity contribution is 0.665. The van der Waals surface area contributed by atoms with Crippen LogP contribution in [0, 0.1) is 5.92 Å². The zero-order valence-electron chi connectivity index (χ0n) is 8.09. The van der Waals surface area contributed by atoms with E-state index in [1.165, 1.54) is 12.1 Å². The van der Waals surface area contributed by atoms with E-state index < -0.39 is 0 Å². The van der Waals surface area contributed by atoms with E-state index in [9.17, 15) is 0 Å². The first-order chi connectivity index (χ1) is 5.29. The average Bonchev–Trinajstić information content (AvgIpc) is 2.20. The van der Waals surface area contributed by atoms with Crippen LogP contribution >= 0.6 is 0 Å². The molecule has 1 atom stereocenters. The van der Waals surface area contributed by atoms with Gasteiger partial charge in [-0.25, -0.2) is 0 Å². The Morgan fingerprint density at radius 2 is 2.09 bits per heavy atom. The fourth-order valence-electron chi connectivity index (χ4n) is 0.897. The minimum Gasteiger partial charge on any atom is -0.290 e. The van der Waals surface area contributed by atoms with Gasteiger partial charge in [0.1, 0.15) is 0 Å². The molecule has 0 radical (unpaired) electrons. The summed E-state index contributed by atoms with van der Waals surface area (Å²) in [6, 6.07) is 0. The van der Waals surface area contributed by atoms with E-state index in [4.69, 9.17) is 0 Å². The fourth-order valence-corrected chi connectivity index (χ4v) is 0.897. The molecule has 0 aliphatic carbocycles. The molecule has 0 saturated heterocycles. The fraction of sp³-hybridized carbons (Fsp3) is 0.700. The lowest BCUT2D eigenvalue weighted by atomic mass is 10.1. The molecule has 1 unspecified atom stereocenters. The van der Waals surface area contributed by atoms with Crippen molar-refractivity contribution in [2.24, 2.45) is 10.9 Å². The minimum absolute atomic E-state index is 0.714. The molecule has 0 aromatic rings. The number of aliphatic imine (C=N–C) groups is 1. The number of nitrogens with zero attached hydrogens (tertiary/aromatic N) is 1. The molecule has 0 aromatic heterocycles. The van der Waals surface area contributed by atoms with Crippen LogP contribution in [0.1, 0.15) is 34.1 Å². The van der Waals surface area contributed by atoms with E-state index in [2.05, 4.69) is 31.0 Å². The molecular formula is C10H19N. The van der Waals surface area contributed by atoms with Crippen molar-refractivity contribution in [2.45, 2.75) is 34.1 Å². The van der Waals surface area contributed by atoms with Crippen LogP contribution in [0.15, 0.2) is 17.1 Å². The first-order valence-corrected chi connectivity index (χ1v) is 4.48. The Labute approximate surface area is 70.2 Å². The highest BCUT2D eigenvalue weighted by Crippen LogP contribution is 2.07. The summed E-state index contributed by atoms with van der Waals surface area (Å²) in [5, 5.41) is 0. The highest BCUT2D eigenvalue weighted by Gasteiger charge is 1.98. The number of hydrogen-bond donors (Lipinski definition) is 0. The Bertz CT molecular complexity index is 145. The highest BCUT2D eigenvalue weighted by atomic mass is 14.7. The third-order valence-corrected chi connectivity index (χ3v) is 1.61. The Morgan fingerprint density at radius 1 is 1.45 bits per heavy atom. The van der Waals surface area contributed by atoms with E-state index >= 15 is 0 Å². The second-order valence-corrected chi connectivity index (χ2v) is 2.65. The maximum absolute atomic E-state index is 4.30. The molecule has 1 aliphatic heterocycles. The molecule has 0 fully saturated rings. The predicted octanol–water partition coefficient (Wildman–Crippen LogP) is 3.07. The predicted molar refractivity (Wildman–Crippen MR) is 52.2 cm³/mol.